The summed E-state index contributed by atoms with van der Waals surface area (Å²) in [4.78, 5) is 7.27. The molecular formula is C45H28N2O2. The number of hydrogen-bond acceptors (Lipinski definition) is 4. The molecule has 0 saturated heterocycles. The highest BCUT2D eigenvalue weighted by Gasteiger charge is 2.20. The molecule has 230 valence electrons. The van der Waals surface area contributed by atoms with Crippen molar-refractivity contribution in [3.8, 4) is 22.6 Å². The number of rotatable bonds is 5. The van der Waals surface area contributed by atoms with Crippen LogP contribution in [0.5, 0.6) is 0 Å². The summed E-state index contributed by atoms with van der Waals surface area (Å²) in [6.45, 7) is 0. The Balaban J connectivity index is 1.07. The van der Waals surface area contributed by atoms with E-state index in [-0.39, 0.29) is 0 Å². The van der Waals surface area contributed by atoms with Gasteiger partial charge in [-0.2, -0.15) is 0 Å². The molecule has 2 aromatic heterocycles. The minimum absolute atomic E-state index is 0.584. The molecule has 49 heavy (non-hydrogen) atoms. The zero-order chi connectivity index (χ0) is 32.3. The molecule has 0 spiro atoms. The predicted octanol–water partition coefficient (Wildman–Crippen LogP) is 12.8. The SMILES string of the molecule is c1ccc(N(c2ccc(-c3ccc4ccccc4c3)cc2)c2ccc3c(c2)oc2cccc(-c4nc5c(ccc6ccccc65)o4)c23)cc1. The lowest BCUT2D eigenvalue weighted by molar-refractivity contribution is 0.620. The minimum Gasteiger partial charge on any atom is -0.456 e. The van der Waals surface area contributed by atoms with Gasteiger partial charge < -0.3 is 13.7 Å². The fourth-order valence-corrected chi connectivity index (χ4v) is 7.10. The topological polar surface area (TPSA) is 42.4 Å². The second kappa shape index (κ2) is 11.0. The Labute approximate surface area is 282 Å². The Morgan fingerprint density at radius 1 is 0.408 bits per heavy atom. The van der Waals surface area contributed by atoms with E-state index in [1.54, 1.807) is 0 Å². The van der Waals surface area contributed by atoms with Crippen molar-refractivity contribution in [3.63, 3.8) is 0 Å². The molecule has 2 heterocycles. The summed E-state index contributed by atoms with van der Waals surface area (Å²) in [5.41, 5.74) is 9.65. The Bertz CT molecular complexity index is 2830. The molecule has 0 N–H and O–H groups in total. The van der Waals surface area contributed by atoms with Crippen LogP contribution in [0.4, 0.5) is 17.1 Å². The van der Waals surface area contributed by atoms with Crippen molar-refractivity contribution in [2.75, 3.05) is 4.90 Å². The van der Waals surface area contributed by atoms with Crippen LogP contribution in [-0.2, 0) is 0 Å². The van der Waals surface area contributed by atoms with Gasteiger partial charge in [-0.1, -0.05) is 103 Å². The molecule has 0 radical (unpaired) electrons. The van der Waals surface area contributed by atoms with Crippen molar-refractivity contribution >= 4 is 71.6 Å². The quantitative estimate of drug-likeness (QED) is 0.190. The Morgan fingerprint density at radius 3 is 2.00 bits per heavy atom. The zero-order valence-electron chi connectivity index (χ0n) is 26.4. The van der Waals surface area contributed by atoms with Crippen molar-refractivity contribution in [2.45, 2.75) is 0 Å². The summed E-state index contributed by atoms with van der Waals surface area (Å²) in [6, 6.07) is 59.2. The summed E-state index contributed by atoms with van der Waals surface area (Å²) in [5.74, 6) is 0.584. The van der Waals surface area contributed by atoms with Crippen LogP contribution in [0.1, 0.15) is 0 Å². The minimum atomic E-state index is 0.584. The van der Waals surface area contributed by atoms with Gasteiger partial charge in [-0.3, -0.25) is 0 Å². The van der Waals surface area contributed by atoms with Crippen LogP contribution >= 0.6 is 0 Å². The second-order valence-electron chi connectivity index (χ2n) is 12.4. The molecule has 0 aliphatic carbocycles. The number of furan rings is 1. The lowest BCUT2D eigenvalue weighted by atomic mass is 10.0. The first-order valence-corrected chi connectivity index (χ1v) is 16.5. The summed E-state index contributed by atoms with van der Waals surface area (Å²) in [5, 5.41) is 6.71. The maximum atomic E-state index is 6.54. The fourth-order valence-electron chi connectivity index (χ4n) is 7.10. The number of hydrogen-bond donors (Lipinski definition) is 0. The monoisotopic (exact) mass is 628 g/mol. The molecule has 0 unspecified atom stereocenters. The number of aromatic nitrogens is 1. The van der Waals surface area contributed by atoms with E-state index in [9.17, 15) is 0 Å². The van der Waals surface area contributed by atoms with Crippen LogP contribution in [0.25, 0.3) is 77.2 Å². The van der Waals surface area contributed by atoms with Gasteiger partial charge in [-0.25, -0.2) is 4.98 Å². The Morgan fingerprint density at radius 2 is 1.12 bits per heavy atom. The fraction of sp³-hybridized carbons (Fsp3) is 0. The van der Waals surface area contributed by atoms with Gasteiger partial charge in [-0.15, -0.1) is 0 Å². The maximum Gasteiger partial charge on any atom is 0.228 e. The molecule has 0 aliphatic rings. The summed E-state index contributed by atoms with van der Waals surface area (Å²) in [6.07, 6.45) is 0. The van der Waals surface area contributed by atoms with Gasteiger partial charge in [0.25, 0.3) is 0 Å². The normalized spacial score (nSPS) is 11.7. The highest BCUT2D eigenvalue weighted by atomic mass is 16.3. The van der Waals surface area contributed by atoms with Crippen molar-refractivity contribution in [1.29, 1.82) is 0 Å². The number of anilines is 3. The van der Waals surface area contributed by atoms with Gasteiger partial charge >= 0.3 is 0 Å². The van der Waals surface area contributed by atoms with Crippen LogP contribution in [0.3, 0.4) is 0 Å². The van der Waals surface area contributed by atoms with Crippen molar-refractivity contribution in [3.05, 3.63) is 170 Å². The molecular weight excluding hydrogens is 601 g/mol. The molecule has 8 aromatic carbocycles. The molecule has 0 fully saturated rings. The second-order valence-corrected chi connectivity index (χ2v) is 12.4. The number of para-hydroxylation sites is 1. The molecule has 0 aliphatic heterocycles. The highest BCUT2D eigenvalue weighted by molar-refractivity contribution is 6.13. The lowest BCUT2D eigenvalue weighted by Gasteiger charge is -2.25. The van der Waals surface area contributed by atoms with Crippen molar-refractivity contribution < 1.29 is 8.83 Å². The molecule has 10 rings (SSSR count). The zero-order valence-corrected chi connectivity index (χ0v) is 26.4. The van der Waals surface area contributed by atoms with Crippen LogP contribution in [0, 0.1) is 0 Å². The van der Waals surface area contributed by atoms with E-state index in [0.717, 1.165) is 66.4 Å². The summed E-state index contributed by atoms with van der Waals surface area (Å²) in [7, 11) is 0. The first-order chi connectivity index (χ1) is 24.3. The van der Waals surface area contributed by atoms with Gasteiger partial charge in [0, 0.05) is 44.9 Å². The smallest absolute Gasteiger partial charge is 0.228 e. The van der Waals surface area contributed by atoms with Crippen LogP contribution in [0.2, 0.25) is 0 Å². The summed E-state index contributed by atoms with van der Waals surface area (Å²) >= 11 is 0. The predicted molar refractivity (Wildman–Crippen MR) is 202 cm³/mol. The van der Waals surface area contributed by atoms with E-state index in [0.29, 0.717) is 5.89 Å². The lowest BCUT2D eigenvalue weighted by Crippen LogP contribution is -2.09. The van der Waals surface area contributed by atoms with E-state index in [1.165, 1.54) is 21.9 Å². The third-order valence-corrected chi connectivity index (χ3v) is 9.48. The number of nitrogens with zero attached hydrogens (tertiary/aromatic N) is 2. The first-order valence-electron chi connectivity index (χ1n) is 16.5. The molecule has 4 nitrogen and oxygen atoms in total. The maximum absolute atomic E-state index is 6.54. The van der Waals surface area contributed by atoms with Gasteiger partial charge in [0.15, 0.2) is 5.58 Å². The summed E-state index contributed by atoms with van der Waals surface area (Å²) < 4.78 is 12.9. The van der Waals surface area contributed by atoms with Crippen LogP contribution < -0.4 is 4.90 Å². The highest BCUT2D eigenvalue weighted by Crippen LogP contribution is 2.42. The molecule has 4 heteroatoms. The Hall–Kier alpha value is -6.65. The third-order valence-electron chi connectivity index (χ3n) is 9.48. The Kier molecular flexibility index (Phi) is 6.15. The average molecular weight is 629 g/mol. The van der Waals surface area contributed by atoms with Gasteiger partial charge in [0.05, 0.1) is 0 Å². The molecule has 0 atom stereocenters. The molecule has 0 bridgehead atoms. The number of benzene rings is 8. The van der Waals surface area contributed by atoms with Crippen molar-refractivity contribution in [1.82, 2.24) is 4.98 Å². The van der Waals surface area contributed by atoms with Gasteiger partial charge in [0.2, 0.25) is 5.89 Å². The first kappa shape index (κ1) is 27.5. The number of fused-ring (bicyclic) bond motifs is 7. The average Bonchev–Trinajstić information content (AvgIpc) is 3.77. The standard InChI is InChI=1S/C45H28N2O2/c1-2-12-34(13-3-1)47(35-22-19-30(20-23-35)33-18-17-29-9-4-5-11-32(29)27-33)36-24-25-38-42(28-36)48-40-16-8-15-39(43(38)40)45-46-44-37-14-7-6-10-31(37)21-26-41(44)49-45/h1-28H. The molecule has 10 aromatic rings. The van der Waals surface area contributed by atoms with E-state index >= 15 is 0 Å². The third kappa shape index (κ3) is 4.57. The van der Waals surface area contributed by atoms with E-state index in [1.807, 2.05) is 36.4 Å². The van der Waals surface area contributed by atoms with E-state index in [4.69, 9.17) is 13.8 Å². The largest absolute Gasteiger partial charge is 0.456 e. The van der Waals surface area contributed by atoms with Crippen LogP contribution in [0.15, 0.2) is 179 Å². The van der Waals surface area contributed by atoms with Crippen molar-refractivity contribution in [2.24, 2.45) is 0 Å². The van der Waals surface area contributed by atoms with Crippen LogP contribution in [-0.4, -0.2) is 4.98 Å². The number of oxazole rings is 1. The van der Waals surface area contributed by atoms with Gasteiger partial charge in [0.1, 0.15) is 16.7 Å². The van der Waals surface area contributed by atoms with E-state index in [2.05, 4.69) is 138 Å². The molecule has 0 saturated carbocycles. The van der Waals surface area contributed by atoms with Gasteiger partial charge in [-0.05, 0) is 87.9 Å². The molecule has 0 amide bonds. The van der Waals surface area contributed by atoms with E-state index < -0.39 is 0 Å².